The summed E-state index contributed by atoms with van der Waals surface area (Å²) in [5, 5.41) is 7.77. The Kier molecular flexibility index (Phi) is 4.30. The van der Waals surface area contributed by atoms with Crippen molar-refractivity contribution in [2.24, 2.45) is 0 Å². The van der Waals surface area contributed by atoms with Crippen LogP contribution >= 0.6 is 0 Å². The minimum absolute atomic E-state index is 0.220. The van der Waals surface area contributed by atoms with E-state index in [0.717, 1.165) is 41.9 Å². The Morgan fingerprint density at radius 3 is 2.59 bits per heavy atom. The zero-order valence-corrected chi connectivity index (χ0v) is 15.9. The van der Waals surface area contributed by atoms with Gasteiger partial charge in [0.1, 0.15) is 12.4 Å². The highest BCUT2D eigenvalue weighted by atomic mass is 16.2. The SMILES string of the molecule is O=C(Cn1c(=O)[nH]c2ccccc2c1=O)N1CCC(c2nc(C3CC3)n[nH]2)CC1. The van der Waals surface area contributed by atoms with Crippen molar-refractivity contribution < 1.29 is 4.79 Å². The van der Waals surface area contributed by atoms with Gasteiger partial charge >= 0.3 is 5.69 Å². The van der Waals surface area contributed by atoms with E-state index >= 15 is 0 Å². The van der Waals surface area contributed by atoms with Crippen LogP contribution in [0, 0.1) is 0 Å². The molecular formula is C20H22N6O3. The van der Waals surface area contributed by atoms with Crippen LogP contribution in [0.3, 0.4) is 0 Å². The first-order valence-electron chi connectivity index (χ1n) is 10.0. The Balaban J connectivity index is 1.27. The van der Waals surface area contributed by atoms with Gasteiger partial charge in [0.15, 0.2) is 5.82 Å². The molecule has 1 aliphatic heterocycles. The molecule has 1 saturated heterocycles. The predicted octanol–water partition coefficient (Wildman–Crippen LogP) is 1.09. The lowest BCUT2D eigenvalue weighted by Gasteiger charge is -2.31. The summed E-state index contributed by atoms with van der Waals surface area (Å²) >= 11 is 0. The number of fused-ring (bicyclic) bond motifs is 1. The lowest BCUT2D eigenvalue weighted by atomic mass is 9.96. The van der Waals surface area contributed by atoms with Gasteiger partial charge in [-0.15, -0.1) is 0 Å². The van der Waals surface area contributed by atoms with Gasteiger partial charge in [0.2, 0.25) is 5.91 Å². The summed E-state index contributed by atoms with van der Waals surface area (Å²) in [6.07, 6.45) is 3.90. The van der Waals surface area contributed by atoms with Crippen LogP contribution in [0.4, 0.5) is 0 Å². The third-order valence-electron chi connectivity index (χ3n) is 5.88. The summed E-state index contributed by atoms with van der Waals surface area (Å²) in [6.45, 7) is 0.893. The molecule has 0 atom stereocenters. The summed E-state index contributed by atoms with van der Waals surface area (Å²) in [5.41, 5.74) is -0.530. The van der Waals surface area contributed by atoms with E-state index in [1.54, 1.807) is 29.2 Å². The molecule has 3 heterocycles. The van der Waals surface area contributed by atoms with E-state index in [0.29, 0.717) is 29.9 Å². The lowest BCUT2D eigenvalue weighted by molar-refractivity contribution is -0.133. The van der Waals surface area contributed by atoms with Gasteiger partial charge in [-0.25, -0.2) is 9.78 Å². The molecule has 1 aromatic carbocycles. The highest BCUT2D eigenvalue weighted by Crippen LogP contribution is 2.38. The first kappa shape index (κ1) is 17.8. The van der Waals surface area contributed by atoms with Gasteiger partial charge in [0, 0.05) is 24.9 Å². The number of carbonyl (C=O) groups excluding carboxylic acids is 1. The average Bonchev–Trinajstić information content (AvgIpc) is 3.48. The summed E-state index contributed by atoms with van der Waals surface area (Å²) < 4.78 is 0.981. The number of nitrogens with one attached hydrogen (secondary N) is 2. The Labute approximate surface area is 165 Å². The van der Waals surface area contributed by atoms with Crippen LogP contribution in [-0.4, -0.2) is 48.6 Å². The number of amides is 1. The smallest absolute Gasteiger partial charge is 0.329 e. The number of rotatable bonds is 4. The van der Waals surface area contributed by atoms with Crippen molar-refractivity contribution in [2.75, 3.05) is 13.1 Å². The first-order valence-corrected chi connectivity index (χ1v) is 10.0. The Bertz CT molecular complexity index is 1180. The predicted molar refractivity (Wildman–Crippen MR) is 106 cm³/mol. The number of hydrogen-bond acceptors (Lipinski definition) is 5. The Morgan fingerprint density at radius 2 is 1.83 bits per heavy atom. The number of H-pyrrole nitrogens is 2. The van der Waals surface area contributed by atoms with Crippen molar-refractivity contribution in [1.29, 1.82) is 0 Å². The maximum Gasteiger partial charge on any atom is 0.329 e. The molecule has 0 radical (unpaired) electrons. The summed E-state index contributed by atoms with van der Waals surface area (Å²) in [4.78, 5) is 46.7. The second-order valence-corrected chi connectivity index (χ2v) is 7.88. The molecule has 5 rings (SSSR count). The molecule has 3 aromatic rings. The number of benzene rings is 1. The van der Waals surface area contributed by atoms with Crippen LogP contribution in [0.1, 0.15) is 49.2 Å². The van der Waals surface area contributed by atoms with Crippen molar-refractivity contribution in [1.82, 2.24) is 29.6 Å². The summed E-state index contributed by atoms with van der Waals surface area (Å²) in [6, 6.07) is 6.80. The molecule has 0 bridgehead atoms. The van der Waals surface area contributed by atoms with E-state index < -0.39 is 11.2 Å². The second kappa shape index (κ2) is 6.98. The van der Waals surface area contributed by atoms with E-state index in [1.807, 2.05) is 0 Å². The number of carbonyl (C=O) groups is 1. The fourth-order valence-corrected chi connectivity index (χ4v) is 3.97. The van der Waals surface area contributed by atoms with E-state index in [2.05, 4.69) is 20.2 Å². The Hall–Kier alpha value is -3.23. The van der Waals surface area contributed by atoms with E-state index in [4.69, 9.17) is 0 Å². The standard InChI is InChI=1S/C20H22N6O3/c27-16(11-26-19(28)14-3-1-2-4-15(14)21-20(26)29)25-9-7-13(8-10-25)18-22-17(23-24-18)12-5-6-12/h1-4,12-13H,5-11H2,(H,21,29)(H,22,23,24). The van der Waals surface area contributed by atoms with Crippen molar-refractivity contribution in [3.05, 3.63) is 56.8 Å². The topological polar surface area (TPSA) is 117 Å². The Morgan fingerprint density at radius 1 is 1.07 bits per heavy atom. The fourth-order valence-electron chi connectivity index (χ4n) is 3.97. The third kappa shape index (κ3) is 3.37. The lowest BCUT2D eigenvalue weighted by Crippen LogP contribution is -2.44. The normalized spacial score (nSPS) is 17.7. The van der Waals surface area contributed by atoms with Gasteiger partial charge < -0.3 is 9.88 Å². The molecule has 1 amide bonds. The minimum atomic E-state index is -0.564. The average molecular weight is 394 g/mol. The maximum atomic E-state index is 12.7. The maximum absolute atomic E-state index is 12.7. The van der Waals surface area contributed by atoms with Gasteiger partial charge in [-0.05, 0) is 37.8 Å². The van der Waals surface area contributed by atoms with Gasteiger partial charge in [0.05, 0.1) is 10.9 Å². The zero-order valence-electron chi connectivity index (χ0n) is 15.9. The molecule has 2 fully saturated rings. The van der Waals surface area contributed by atoms with E-state index in [9.17, 15) is 14.4 Å². The van der Waals surface area contributed by atoms with Crippen LogP contribution < -0.4 is 11.2 Å². The van der Waals surface area contributed by atoms with Crippen LogP contribution in [-0.2, 0) is 11.3 Å². The van der Waals surface area contributed by atoms with Gasteiger partial charge in [0.25, 0.3) is 5.56 Å². The molecule has 150 valence electrons. The van der Waals surface area contributed by atoms with Crippen molar-refractivity contribution in [3.63, 3.8) is 0 Å². The first-order chi connectivity index (χ1) is 14.1. The fraction of sp³-hybridized carbons (Fsp3) is 0.450. The monoisotopic (exact) mass is 394 g/mol. The van der Waals surface area contributed by atoms with E-state index in [-0.39, 0.29) is 18.4 Å². The van der Waals surface area contributed by atoms with Crippen LogP contribution in [0.2, 0.25) is 0 Å². The second-order valence-electron chi connectivity index (χ2n) is 7.88. The van der Waals surface area contributed by atoms with Crippen LogP contribution in [0.25, 0.3) is 10.9 Å². The number of likely N-dealkylation sites (tertiary alicyclic amines) is 1. The largest absolute Gasteiger partial charge is 0.341 e. The highest BCUT2D eigenvalue weighted by Gasteiger charge is 2.30. The molecule has 2 aliphatic rings. The molecule has 29 heavy (non-hydrogen) atoms. The highest BCUT2D eigenvalue weighted by molar-refractivity contribution is 5.79. The van der Waals surface area contributed by atoms with Gasteiger partial charge in [-0.1, -0.05) is 12.1 Å². The van der Waals surface area contributed by atoms with Gasteiger partial charge in [-0.3, -0.25) is 19.3 Å². The number of aromatic nitrogens is 5. The number of hydrogen-bond donors (Lipinski definition) is 2. The quantitative estimate of drug-likeness (QED) is 0.687. The number of piperidine rings is 1. The molecule has 9 heteroatoms. The van der Waals surface area contributed by atoms with Crippen LogP contribution in [0.15, 0.2) is 33.9 Å². The molecule has 2 aromatic heterocycles. The molecule has 0 unspecified atom stereocenters. The molecule has 1 aliphatic carbocycles. The van der Waals surface area contributed by atoms with Crippen LogP contribution in [0.5, 0.6) is 0 Å². The van der Waals surface area contributed by atoms with Crippen molar-refractivity contribution in [3.8, 4) is 0 Å². The molecule has 1 saturated carbocycles. The molecular weight excluding hydrogens is 372 g/mol. The molecule has 9 nitrogen and oxygen atoms in total. The third-order valence-corrected chi connectivity index (χ3v) is 5.88. The summed E-state index contributed by atoms with van der Waals surface area (Å²) in [5.74, 6) is 2.36. The van der Waals surface area contributed by atoms with Gasteiger partial charge in [-0.2, -0.15) is 5.10 Å². The summed E-state index contributed by atoms with van der Waals surface area (Å²) in [7, 11) is 0. The number of nitrogens with zero attached hydrogens (tertiary/aromatic N) is 4. The molecule has 0 spiro atoms. The number of para-hydroxylation sites is 1. The minimum Gasteiger partial charge on any atom is -0.341 e. The zero-order chi connectivity index (χ0) is 20.0. The molecule has 2 N–H and O–H groups in total. The van der Waals surface area contributed by atoms with E-state index in [1.165, 1.54) is 0 Å². The van der Waals surface area contributed by atoms with Crippen molar-refractivity contribution >= 4 is 16.8 Å². The van der Waals surface area contributed by atoms with Crippen molar-refractivity contribution in [2.45, 2.75) is 44.1 Å². The number of aromatic amines is 2.